The van der Waals surface area contributed by atoms with Gasteiger partial charge in [-0.2, -0.15) is 0 Å². The monoisotopic (exact) mass is 276 g/mol. The second kappa shape index (κ2) is 9.40. The quantitative estimate of drug-likeness (QED) is 0.545. The second-order valence-corrected chi connectivity index (χ2v) is 5.33. The predicted molar refractivity (Wildman–Crippen MR) is 85.8 cm³/mol. The van der Waals surface area contributed by atoms with Crippen LogP contribution in [0, 0.1) is 0 Å². The second-order valence-electron chi connectivity index (χ2n) is 5.33. The number of nitrogens with two attached hydrogens (primary N) is 1. The van der Waals surface area contributed by atoms with Crippen molar-refractivity contribution < 1.29 is 4.79 Å². The normalized spacial score (nSPS) is 10.5. The third kappa shape index (κ3) is 5.64. The summed E-state index contributed by atoms with van der Waals surface area (Å²) >= 11 is 0. The van der Waals surface area contributed by atoms with Crippen LogP contribution in [0.15, 0.2) is 24.3 Å². The lowest BCUT2D eigenvalue weighted by molar-refractivity contribution is 0.0749. The van der Waals surface area contributed by atoms with Crippen LogP contribution >= 0.6 is 0 Å². The van der Waals surface area contributed by atoms with Crippen molar-refractivity contribution in [2.45, 2.75) is 52.4 Å². The van der Waals surface area contributed by atoms with Crippen molar-refractivity contribution >= 4 is 11.6 Å². The van der Waals surface area contributed by atoms with Gasteiger partial charge < -0.3 is 10.6 Å². The SMILES string of the molecule is CCCCCN(CCCCC)C(=O)c1ccc(N)cc1. The number of hydrogen-bond acceptors (Lipinski definition) is 2. The maximum Gasteiger partial charge on any atom is 0.253 e. The molecule has 1 aromatic carbocycles. The molecule has 0 saturated carbocycles. The highest BCUT2D eigenvalue weighted by molar-refractivity contribution is 5.94. The number of nitrogens with zero attached hydrogens (tertiary/aromatic N) is 1. The van der Waals surface area contributed by atoms with Crippen LogP contribution in [-0.4, -0.2) is 23.9 Å². The van der Waals surface area contributed by atoms with Gasteiger partial charge in [-0.05, 0) is 37.1 Å². The van der Waals surface area contributed by atoms with Gasteiger partial charge in [0.1, 0.15) is 0 Å². The molecule has 2 N–H and O–H groups in total. The highest BCUT2D eigenvalue weighted by Crippen LogP contribution is 2.11. The van der Waals surface area contributed by atoms with Gasteiger partial charge in [0, 0.05) is 24.3 Å². The van der Waals surface area contributed by atoms with Crippen molar-refractivity contribution in [3.63, 3.8) is 0 Å². The first-order valence-corrected chi connectivity index (χ1v) is 7.83. The zero-order valence-corrected chi connectivity index (χ0v) is 12.9. The Labute approximate surface area is 123 Å². The molecular weight excluding hydrogens is 248 g/mol. The van der Waals surface area contributed by atoms with Gasteiger partial charge in [0.25, 0.3) is 5.91 Å². The van der Waals surface area contributed by atoms with Gasteiger partial charge in [-0.25, -0.2) is 0 Å². The zero-order chi connectivity index (χ0) is 14.8. The summed E-state index contributed by atoms with van der Waals surface area (Å²) in [5, 5.41) is 0. The summed E-state index contributed by atoms with van der Waals surface area (Å²) < 4.78 is 0. The molecule has 20 heavy (non-hydrogen) atoms. The van der Waals surface area contributed by atoms with E-state index in [4.69, 9.17) is 5.73 Å². The minimum Gasteiger partial charge on any atom is -0.399 e. The maximum absolute atomic E-state index is 12.5. The van der Waals surface area contributed by atoms with E-state index in [9.17, 15) is 4.79 Å². The lowest BCUT2D eigenvalue weighted by atomic mass is 10.1. The standard InChI is InChI=1S/C17H28N2O/c1-3-5-7-13-19(14-8-6-4-2)17(20)15-9-11-16(18)12-10-15/h9-12H,3-8,13-14,18H2,1-2H3. The van der Waals surface area contributed by atoms with Gasteiger partial charge in [-0.1, -0.05) is 39.5 Å². The van der Waals surface area contributed by atoms with Crippen LogP contribution in [0.2, 0.25) is 0 Å². The number of nitrogen functional groups attached to an aromatic ring is 1. The number of rotatable bonds is 9. The molecule has 0 heterocycles. The molecule has 0 aliphatic heterocycles. The van der Waals surface area contributed by atoms with E-state index in [-0.39, 0.29) is 5.91 Å². The molecule has 1 rings (SSSR count). The molecular formula is C17H28N2O. The minimum absolute atomic E-state index is 0.136. The number of anilines is 1. The molecule has 3 nitrogen and oxygen atoms in total. The molecule has 0 saturated heterocycles. The average molecular weight is 276 g/mol. The Morgan fingerprint density at radius 1 is 0.950 bits per heavy atom. The van der Waals surface area contributed by atoms with Crippen LogP contribution in [0.3, 0.4) is 0 Å². The Morgan fingerprint density at radius 2 is 1.45 bits per heavy atom. The third-order valence-electron chi connectivity index (χ3n) is 3.51. The molecule has 0 atom stereocenters. The van der Waals surface area contributed by atoms with Gasteiger partial charge in [0.05, 0.1) is 0 Å². The lowest BCUT2D eigenvalue weighted by Gasteiger charge is -2.23. The van der Waals surface area contributed by atoms with Crippen molar-refractivity contribution in [3.8, 4) is 0 Å². The van der Waals surface area contributed by atoms with E-state index in [0.29, 0.717) is 5.69 Å². The first-order valence-electron chi connectivity index (χ1n) is 7.83. The van der Waals surface area contributed by atoms with E-state index in [1.54, 1.807) is 12.1 Å². The molecule has 0 aromatic heterocycles. The Balaban J connectivity index is 2.63. The Morgan fingerprint density at radius 3 is 1.90 bits per heavy atom. The fourth-order valence-corrected chi connectivity index (χ4v) is 2.23. The molecule has 0 unspecified atom stereocenters. The fraction of sp³-hybridized carbons (Fsp3) is 0.588. The topological polar surface area (TPSA) is 46.3 Å². The molecule has 0 aliphatic rings. The van der Waals surface area contributed by atoms with Crippen LogP contribution in [-0.2, 0) is 0 Å². The van der Waals surface area contributed by atoms with Gasteiger partial charge >= 0.3 is 0 Å². The van der Waals surface area contributed by atoms with E-state index in [1.807, 2.05) is 17.0 Å². The van der Waals surface area contributed by atoms with E-state index in [2.05, 4.69) is 13.8 Å². The lowest BCUT2D eigenvalue weighted by Crippen LogP contribution is -2.33. The molecule has 1 amide bonds. The highest BCUT2D eigenvalue weighted by atomic mass is 16.2. The number of hydrogen-bond donors (Lipinski definition) is 1. The summed E-state index contributed by atoms with van der Waals surface area (Å²) in [6.45, 7) is 6.09. The number of amides is 1. The third-order valence-corrected chi connectivity index (χ3v) is 3.51. The summed E-state index contributed by atoms with van der Waals surface area (Å²) in [7, 11) is 0. The average Bonchev–Trinajstić information content (AvgIpc) is 2.46. The summed E-state index contributed by atoms with van der Waals surface area (Å²) in [6.07, 6.45) is 6.89. The number of unbranched alkanes of at least 4 members (excludes halogenated alkanes) is 4. The van der Waals surface area contributed by atoms with Crippen molar-refractivity contribution in [2.24, 2.45) is 0 Å². The first kappa shape index (κ1) is 16.5. The molecule has 0 radical (unpaired) electrons. The molecule has 0 fully saturated rings. The van der Waals surface area contributed by atoms with Crippen molar-refractivity contribution in [2.75, 3.05) is 18.8 Å². The van der Waals surface area contributed by atoms with E-state index >= 15 is 0 Å². The Hall–Kier alpha value is -1.51. The highest BCUT2D eigenvalue weighted by Gasteiger charge is 2.14. The first-order chi connectivity index (χ1) is 9.69. The van der Waals surface area contributed by atoms with Gasteiger partial charge in [-0.3, -0.25) is 4.79 Å². The van der Waals surface area contributed by atoms with Crippen LogP contribution < -0.4 is 5.73 Å². The van der Waals surface area contributed by atoms with Crippen molar-refractivity contribution in [1.82, 2.24) is 4.90 Å². The maximum atomic E-state index is 12.5. The summed E-state index contributed by atoms with van der Waals surface area (Å²) in [5.74, 6) is 0.136. The van der Waals surface area contributed by atoms with Crippen molar-refractivity contribution in [3.05, 3.63) is 29.8 Å². The molecule has 0 spiro atoms. The Bertz CT molecular complexity index is 376. The van der Waals surface area contributed by atoms with Crippen LogP contribution in [0.25, 0.3) is 0 Å². The molecule has 1 aromatic rings. The molecule has 0 bridgehead atoms. The largest absolute Gasteiger partial charge is 0.399 e. The summed E-state index contributed by atoms with van der Waals surface area (Å²) in [4.78, 5) is 14.5. The fourth-order valence-electron chi connectivity index (χ4n) is 2.23. The molecule has 112 valence electrons. The van der Waals surface area contributed by atoms with E-state index in [0.717, 1.165) is 31.5 Å². The van der Waals surface area contributed by atoms with Crippen molar-refractivity contribution in [1.29, 1.82) is 0 Å². The molecule has 0 aliphatic carbocycles. The predicted octanol–water partition coefficient (Wildman–Crippen LogP) is 4.09. The Kier molecular flexibility index (Phi) is 7.78. The number of benzene rings is 1. The summed E-state index contributed by atoms with van der Waals surface area (Å²) in [6, 6.07) is 7.24. The molecule has 3 heteroatoms. The number of carbonyl (C=O) groups is 1. The number of carbonyl (C=O) groups excluding carboxylic acids is 1. The smallest absolute Gasteiger partial charge is 0.253 e. The van der Waals surface area contributed by atoms with Crippen LogP contribution in [0.5, 0.6) is 0 Å². The van der Waals surface area contributed by atoms with Crippen LogP contribution in [0.4, 0.5) is 5.69 Å². The van der Waals surface area contributed by atoms with Gasteiger partial charge in [-0.15, -0.1) is 0 Å². The van der Waals surface area contributed by atoms with E-state index in [1.165, 1.54) is 25.7 Å². The summed E-state index contributed by atoms with van der Waals surface area (Å²) in [5.41, 5.74) is 7.12. The zero-order valence-electron chi connectivity index (χ0n) is 12.9. The van der Waals surface area contributed by atoms with E-state index < -0.39 is 0 Å². The minimum atomic E-state index is 0.136. The van der Waals surface area contributed by atoms with Gasteiger partial charge in [0.15, 0.2) is 0 Å². The van der Waals surface area contributed by atoms with Gasteiger partial charge in [0.2, 0.25) is 0 Å². The van der Waals surface area contributed by atoms with Crippen LogP contribution in [0.1, 0.15) is 62.7 Å².